The van der Waals surface area contributed by atoms with E-state index in [4.69, 9.17) is 10.3 Å². The van der Waals surface area contributed by atoms with Gasteiger partial charge in [0.2, 0.25) is 5.91 Å². The molecule has 1 aromatic rings. The molecule has 5 nitrogen and oxygen atoms in total. The smallest absolute Gasteiger partial charge is 0.230 e. The zero-order valence-corrected chi connectivity index (χ0v) is 14.6. The van der Waals surface area contributed by atoms with E-state index >= 15 is 0 Å². The van der Waals surface area contributed by atoms with Gasteiger partial charge in [-0.15, -0.1) is 24.2 Å². The summed E-state index contributed by atoms with van der Waals surface area (Å²) in [5.41, 5.74) is 7.65. The second-order valence-electron chi connectivity index (χ2n) is 4.94. The van der Waals surface area contributed by atoms with Gasteiger partial charge >= 0.3 is 0 Å². The highest BCUT2D eigenvalue weighted by Crippen LogP contribution is 2.19. The molecule has 0 aliphatic carbocycles. The van der Waals surface area contributed by atoms with Crippen molar-refractivity contribution in [2.75, 3.05) is 12.3 Å². The van der Waals surface area contributed by atoms with E-state index in [1.165, 1.54) is 0 Å². The molecular weight excluding hydrogens is 310 g/mol. The Kier molecular flexibility index (Phi) is 10.6. The van der Waals surface area contributed by atoms with Gasteiger partial charge in [0.15, 0.2) is 0 Å². The molecule has 122 valence electrons. The van der Waals surface area contributed by atoms with E-state index in [0.717, 1.165) is 42.0 Å². The number of aromatic nitrogens is 1. The Labute approximate surface area is 137 Å². The Morgan fingerprint density at radius 1 is 1.48 bits per heavy atom. The predicted octanol–water partition coefficient (Wildman–Crippen LogP) is 2.58. The van der Waals surface area contributed by atoms with Gasteiger partial charge in [-0.1, -0.05) is 24.9 Å². The van der Waals surface area contributed by atoms with Crippen molar-refractivity contribution in [3.05, 3.63) is 17.0 Å². The van der Waals surface area contributed by atoms with Crippen LogP contribution in [-0.4, -0.2) is 29.4 Å². The van der Waals surface area contributed by atoms with Crippen molar-refractivity contribution < 1.29 is 9.32 Å². The molecule has 21 heavy (non-hydrogen) atoms. The minimum atomic E-state index is 0. The summed E-state index contributed by atoms with van der Waals surface area (Å²) in [5, 5.41) is 6.89. The highest BCUT2D eigenvalue weighted by molar-refractivity contribution is 7.99. The van der Waals surface area contributed by atoms with Gasteiger partial charge in [-0.2, -0.15) is 0 Å². The SMILES string of the molecule is CCCCC(CN)NC(=O)CSCc1c(C)noc1C.Cl. The van der Waals surface area contributed by atoms with Crippen LogP contribution in [0.1, 0.15) is 43.2 Å². The Balaban J connectivity index is 0.00000400. The third-order valence-corrected chi connectivity index (χ3v) is 4.18. The van der Waals surface area contributed by atoms with Crippen LogP contribution in [0.4, 0.5) is 0 Å². The van der Waals surface area contributed by atoms with Gasteiger partial charge in [-0.25, -0.2) is 0 Å². The molecule has 0 fully saturated rings. The summed E-state index contributed by atoms with van der Waals surface area (Å²) < 4.78 is 5.10. The first-order valence-electron chi connectivity index (χ1n) is 7.07. The maximum Gasteiger partial charge on any atom is 0.230 e. The van der Waals surface area contributed by atoms with E-state index in [0.29, 0.717) is 12.3 Å². The quantitative estimate of drug-likeness (QED) is 0.725. The second kappa shape index (κ2) is 10.9. The average Bonchev–Trinajstić information content (AvgIpc) is 2.75. The number of rotatable bonds is 9. The zero-order valence-electron chi connectivity index (χ0n) is 13.0. The summed E-state index contributed by atoms with van der Waals surface area (Å²) in [5.74, 6) is 2.07. The van der Waals surface area contributed by atoms with Gasteiger partial charge in [-0.05, 0) is 20.3 Å². The van der Waals surface area contributed by atoms with E-state index < -0.39 is 0 Å². The minimum Gasteiger partial charge on any atom is -0.361 e. The summed E-state index contributed by atoms with van der Waals surface area (Å²) in [4.78, 5) is 11.8. The lowest BCUT2D eigenvalue weighted by Crippen LogP contribution is -2.41. The normalized spacial score (nSPS) is 11.8. The number of hydrogen-bond donors (Lipinski definition) is 2. The molecular formula is C14H26ClN3O2S. The number of nitrogens with two attached hydrogens (primary N) is 1. The van der Waals surface area contributed by atoms with Gasteiger partial charge < -0.3 is 15.6 Å². The summed E-state index contributed by atoms with van der Waals surface area (Å²) in [7, 11) is 0. The van der Waals surface area contributed by atoms with E-state index in [-0.39, 0.29) is 24.4 Å². The van der Waals surface area contributed by atoms with Crippen LogP contribution in [0.5, 0.6) is 0 Å². The van der Waals surface area contributed by atoms with Crippen molar-refractivity contribution in [2.45, 2.75) is 51.8 Å². The van der Waals surface area contributed by atoms with Gasteiger partial charge in [-0.3, -0.25) is 4.79 Å². The fourth-order valence-electron chi connectivity index (χ4n) is 1.92. The number of amides is 1. The van der Waals surface area contributed by atoms with Crippen molar-refractivity contribution in [1.29, 1.82) is 0 Å². The molecule has 0 aliphatic rings. The van der Waals surface area contributed by atoms with E-state index in [9.17, 15) is 4.79 Å². The molecule has 1 amide bonds. The third-order valence-electron chi connectivity index (χ3n) is 3.22. The summed E-state index contributed by atoms with van der Waals surface area (Å²) in [6, 6.07) is 0.0992. The number of hydrogen-bond acceptors (Lipinski definition) is 5. The average molecular weight is 336 g/mol. The molecule has 0 aliphatic heterocycles. The molecule has 0 aromatic carbocycles. The lowest BCUT2D eigenvalue weighted by Gasteiger charge is -2.16. The van der Waals surface area contributed by atoms with Crippen LogP contribution >= 0.6 is 24.2 Å². The molecule has 0 saturated carbocycles. The summed E-state index contributed by atoms with van der Waals surface area (Å²) >= 11 is 1.57. The first kappa shape index (κ1) is 20.3. The Bertz CT molecular complexity index is 407. The van der Waals surface area contributed by atoms with E-state index in [1.807, 2.05) is 13.8 Å². The second-order valence-corrected chi connectivity index (χ2v) is 5.92. The molecule has 7 heteroatoms. The fourth-order valence-corrected chi connectivity index (χ4v) is 2.91. The Morgan fingerprint density at radius 2 is 2.19 bits per heavy atom. The highest BCUT2D eigenvalue weighted by Gasteiger charge is 2.12. The van der Waals surface area contributed by atoms with Crippen LogP contribution in [0.2, 0.25) is 0 Å². The lowest BCUT2D eigenvalue weighted by atomic mass is 10.1. The van der Waals surface area contributed by atoms with Gasteiger partial charge in [0.1, 0.15) is 5.76 Å². The molecule has 0 saturated heterocycles. The number of carbonyl (C=O) groups is 1. The molecule has 1 atom stereocenters. The minimum absolute atomic E-state index is 0. The fraction of sp³-hybridized carbons (Fsp3) is 0.714. The van der Waals surface area contributed by atoms with Crippen LogP contribution in [0.3, 0.4) is 0 Å². The van der Waals surface area contributed by atoms with Crippen LogP contribution in [0.25, 0.3) is 0 Å². The molecule has 0 spiro atoms. The maximum atomic E-state index is 11.8. The number of halogens is 1. The van der Waals surface area contributed by atoms with Gasteiger partial charge in [0.25, 0.3) is 0 Å². The molecule has 1 rings (SSSR count). The number of nitrogens with zero attached hydrogens (tertiary/aromatic N) is 1. The highest BCUT2D eigenvalue weighted by atomic mass is 35.5. The molecule has 1 aromatic heterocycles. The van der Waals surface area contributed by atoms with Crippen molar-refractivity contribution in [3.8, 4) is 0 Å². The first-order chi connectivity index (χ1) is 9.58. The number of aryl methyl sites for hydroxylation is 2. The molecule has 3 N–H and O–H groups in total. The standard InChI is InChI=1S/C14H25N3O2S.ClH/c1-4-5-6-12(7-15)16-14(18)9-20-8-13-10(2)17-19-11(13)3;/h12H,4-9,15H2,1-3H3,(H,16,18);1H. The largest absolute Gasteiger partial charge is 0.361 e. The van der Waals surface area contributed by atoms with E-state index in [2.05, 4.69) is 17.4 Å². The van der Waals surface area contributed by atoms with Crippen molar-refractivity contribution in [3.63, 3.8) is 0 Å². The van der Waals surface area contributed by atoms with Crippen molar-refractivity contribution >= 4 is 30.1 Å². The third kappa shape index (κ3) is 7.20. The number of nitrogens with one attached hydrogen (secondary N) is 1. The van der Waals surface area contributed by atoms with Crippen molar-refractivity contribution in [2.24, 2.45) is 5.73 Å². The maximum absolute atomic E-state index is 11.8. The van der Waals surface area contributed by atoms with Gasteiger partial charge in [0, 0.05) is 23.9 Å². The molecule has 1 unspecified atom stereocenters. The molecule has 1 heterocycles. The van der Waals surface area contributed by atoms with Crippen LogP contribution in [0, 0.1) is 13.8 Å². The number of thioether (sulfide) groups is 1. The van der Waals surface area contributed by atoms with Gasteiger partial charge in [0.05, 0.1) is 11.4 Å². The number of carbonyl (C=O) groups excluding carboxylic acids is 1. The number of unbranched alkanes of at least 4 members (excludes halogenated alkanes) is 1. The molecule has 0 bridgehead atoms. The Morgan fingerprint density at radius 3 is 2.71 bits per heavy atom. The first-order valence-corrected chi connectivity index (χ1v) is 8.22. The Hall–Kier alpha value is -0.720. The van der Waals surface area contributed by atoms with Crippen LogP contribution in [0.15, 0.2) is 4.52 Å². The predicted molar refractivity (Wildman–Crippen MR) is 89.9 cm³/mol. The summed E-state index contributed by atoms with van der Waals surface area (Å²) in [6.07, 6.45) is 3.16. The van der Waals surface area contributed by atoms with Crippen molar-refractivity contribution in [1.82, 2.24) is 10.5 Å². The van der Waals surface area contributed by atoms with E-state index in [1.54, 1.807) is 11.8 Å². The topological polar surface area (TPSA) is 81.1 Å². The monoisotopic (exact) mass is 335 g/mol. The van der Waals surface area contributed by atoms with Crippen LogP contribution in [-0.2, 0) is 10.5 Å². The molecule has 0 radical (unpaired) electrons. The zero-order chi connectivity index (χ0) is 15.0. The summed E-state index contributed by atoms with van der Waals surface area (Å²) in [6.45, 7) is 6.45. The van der Waals surface area contributed by atoms with Crippen LogP contribution < -0.4 is 11.1 Å². The lowest BCUT2D eigenvalue weighted by molar-refractivity contribution is -0.119.